The maximum atomic E-state index is 8.36. The number of hydrogen-bond donors (Lipinski definition) is 1. The van der Waals surface area contributed by atoms with Crippen molar-refractivity contribution in [3.8, 4) is 6.07 Å². The summed E-state index contributed by atoms with van der Waals surface area (Å²) in [6.45, 7) is 3.05. The second kappa shape index (κ2) is 3.77. The lowest BCUT2D eigenvalue weighted by atomic mass is 10.3. The quantitative estimate of drug-likeness (QED) is 0.636. The van der Waals surface area contributed by atoms with E-state index in [1.165, 1.54) is 0 Å². The molecule has 0 atom stereocenters. The van der Waals surface area contributed by atoms with Crippen LogP contribution < -0.4 is 4.57 Å². The van der Waals surface area contributed by atoms with Gasteiger partial charge in [0.05, 0.1) is 19.0 Å². The molecule has 0 amide bonds. The van der Waals surface area contributed by atoms with Gasteiger partial charge in [-0.25, -0.2) is 9.55 Å². The van der Waals surface area contributed by atoms with Gasteiger partial charge in [0.2, 0.25) is 0 Å². The van der Waals surface area contributed by atoms with E-state index in [-0.39, 0.29) is 0 Å². The Morgan fingerprint density at radius 3 is 3.18 bits per heavy atom. The molecule has 0 aliphatic rings. The molecular weight excluding hydrogens is 138 g/mol. The number of H-pyrrole nitrogens is 1. The lowest BCUT2D eigenvalue weighted by molar-refractivity contribution is -0.699. The number of rotatable bonds is 3. The summed E-state index contributed by atoms with van der Waals surface area (Å²) in [6.07, 6.45) is 5.29. The Kier molecular flexibility index (Phi) is 2.67. The normalized spacial score (nSPS) is 9.45. The highest BCUT2D eigenvalue weighted by atomic mass is 15.0. The average molecular weight is 150 g/mol. The van der Waals surface area contributed by atoms with E-state index < -0.39 is 0 Å². The Bertz CT molecular complexity index is 257. The molecule has 0 saturated carbocycles. The minimum Gasteiger partial charge on any atom is -0.248 e. The van der Waals surface area contributed by atoms with E-state index in [0.29, 0.717) is 6.42 Å². The van der Waals surface area contributed by atoms with Crippen LogP contribution in [0, 0.1) is 11.3 Å². The van der Waals surface area contributed by atoms with Gasteiger partial charge in [0, 0.05) is 6.42 Å². The molecule has 1 aromatic heterocycles. The monoisotopic (exact) mass is 150 g/mol. The van der Waals surface area contributed by atoms with Crippen molar-refractivity contribution in [1.29, 1.82) is 5.26 Å². The van der Waals surface area contributed by atoms with Crippen LogP contribution in [0.1, 0.15) is 19.2 Å². The topological polar surface area (TPSA) is 43.5 Å². The zero-order valence-corrected chi connectivity index (χ0v) is 6.67. The third-order valence-corrected chi connectivity index (χ3v) is 1.67. The molecule has 0 radical (unpaired) electrons. The fraction of sp³-hybridized carbons (Fsp3) is 0.500. The van der Waals surface area contributed by atoms with Gasteiger partial charge in [-0.2, -0.15) is 5.26 Å². The number of hydrogen-bond acceptors (Lipinski definition) is 1. The highest BCUT2D eigenvalue weighted by Gasteiger charge is 2.06. The number of imidazole rings is 1. The van der Waals surface area contributed by atoms with Crippen molar-refractivity contribution < 1.29 is 4.57 Å². The summed E-state index contributed by atoms with van der Waals surface area (Å²) in [5.41, 5.74) is 0. The van der Waals surface area contributed by atoms with E-state index in [2.05, 4.69) is 22.5 Å². The summed E-state index contributed by atoms with van der Waals surface area (Å²) in [7, 11) is 0. The standard InChI is InChI=1S/C8H11N3/c1-2-11-7-6-10-8(11)4-3-5-9/h6-7H,2-4H2,1H3/p+1. The zero-order chi connectivity index (χ0) is 8.10. The first-order valence-electron chi connectivity index (χ1n) is 3.81. The Morgan fingerprint density at radius 1 is 1.73 bits per heavy atom. The van der Waals surface area contributed by atoms with E-state index in [1.54, 1.807) is 0 Å². The Hall–Kier alpha value is -1.30. The van der Waals surface area contributed by atoms with Gasteiger partial charge in [0.25, 0.3) is 5.82 Å². The smallest absolute Gasteiger partial charge is 0.248 e. The largest absolute Gasteiger partial charge is 0.255 e. The first-order chi connectivity index (χ1) is 5.38. The maximum Gasteiger partial charge on any atom is 0.255 e. The number of nitrogens with zero attached hydrogens (tertiary/aromatic N) is 2. The van der Waals surface area contributed by atoms with Crippen LogP contribution in [-0.2, 0) is 13.0 Å². The van der Waals surface area contributed by atoms with Crippen LogP contribution in [0.2, 0.25) is 0 Å². The van der Waals surface area contributed by atoms with Gasteiger partial charge in [-0.1, -0.05) is 0 Å². The number of aryl methyl sites for hydroxylation is 2. The molecule has 1 aromatic rings. The molecule has 1 heterocycles. The van der Waals surface area contributed by atoms with Gasteiger partial charge in [-0.3, -0.25) is 0 Å². The second-order valence-electron chi connectivity index (χ2n) is 2.35. The molecule has 0 fully saturated rings. The molecule has 0 spiro atoms. The summed E-state index contributed by atoms with van der Waals surface area (Å²) in [4.78, 5) is 3.10. The second-order valence-corrected chi connectivity index (χ2v) is 2.35. The summed E-state index contributed by atoms with van der Waals surface area (Å²) < 4.78 is 2.11. The maximum absolute atomic E-state index is 8.36. The lowest BCUT2D eigenvalue weighted by Crippen LogP contribution is -2.34. The SMILES string of the molecule is CC[n+]1cc[nH]c1CCC#N. The molecular formula is C8H12N3+. The van der Waals surface area contributed by atoms with E-state index in [0.717, 1.165) is 18.8 Å². The number of aromatic nitrogens is 2. The fourth-order valence-electron chi connectivity index (χ4n) is 1.08. The minimum atomic E-state index is 0.584. The number of aromatic amines is 1. The van der Waals surface area contributed by atoms with Crippen LogP contribution in [0.15, 0.2) is 12.4 Å². The van der Waals surface area contributed by atoms with Crippen molar-refractivity contribution in [3.05, 3.63) is 18.2 Å². The van der Waals surface area contributed by atoms with Gasteiger partial charge < -0.3 is 0 Å². The van der Waals surface area contributed by atoms with Gasteiger partial charge >= 0.3 is 0 Å². The van der Waals surface area contributed by atoms with Crippen molar-refractivity contribution in [1.82, 2.24) is 4.98 Å². The van der Waals surface area contributed by atoms with Crippen molar-refractivity contribution in [2.45, 2.75) is 26.3 Å². The molecule has 0 saturated heterocycles. The van der Waals surface area contributed by atoms with Gasteiger partial charge in [-0.05, 0) is 6.92 Å². The molecule has 0 aromatic carbocycles. The highest BCUT2D eigenvalue weighted by molar-refractivity contribution is 4.82. The molecule has 3 nitrogen and oxygen atoms in total. The molecule has 11 heavy (non-hydrogen) atoms. The summed E-state index contributed by atoms with van der Waals surface area (Å²) >= 11 is 0. The first-order valence-corrected chi connectivity index (χ1v) is 3.81. The average Bonchev–Trinajstić information content (AvgIpc) is 2.47. The zero-order valence-electron chi connectivity index (χ0n) is 6.67. The minimum absolute atomic E-state index is 0.584. The van der Waals surface area contributed by atoms with Crippen molar-refractivity contribution >= 4 is 0 Å². The van der Waals surface area contributed by atoms with E-state index in [1.807, 2.05) is 12.4 Å². The van der Waals surface area contributed by atoms with Crippen LogP contribution in [-0.4, -0.2) is 4.98 Å². The third kappa shape index (κ3) is 1.81. The summed E-state index contributed by atoms with van der Waals surface area (Å²) in [5.74, 6) is 1.13. The van der Waals surface area contributed by atoms with Gasteiger partial charge in [0.1, 0.15) is 12.4 Å². The molecule has 0 aliphatic heterocycles. The number of nitrogens with one attached hydrogen (secondary N) is 1. The predicted molar refractivity (Wildman–Crippen MR) is 40.6 cm³/mol. The summed E-state index contributed by atoms with van der Waals surface area (Å²) in [5, 5.41) is 8.36. The first kappa shape index (κ1) is 7.80. The molecule has 1 N–H and O–H groups in total. The molecule has 3 heteroatoms. The van der Waals surface area contributed by atoms with E-state index in [9.17, 15) is 0 Å². The molecule has 0 bridgehead atoms. The van der Waals surface area contributed by atoms with Crippen LogP contribution in [0.4, 0.5) is 0 Å². The van der Waals surface area contributed by atoms with Gasteiger partial charge in [-0.15, -0.1) is 0 Å². The Balaban J connectivity index is 2.62. The molecule has 0 aliphatic carbocycles. The van der Waals surface area contributed by atoms with Crippen molar-refractivity contribution in [2.24, 2.45) is 0 Å². The predicted octanol–water partition coefficient (Wildman–Crippen LogP) is 0.778. The molecule has 58 valence electrons. The number of nitriles is 1. The van der Waals surface area contributed by atoms with E-state index in [4.69, 9.17) is 5.26 Å². The fourth-order valence-corrected chi connectivity index (χ4v) is 1.08. The lowest BCUT2D eigenvalue weighted by Gasteiger charge is -1.92. The van der Waals surface area contributed by atoms with Crippen LogP contribution in [0.3, 0.4) is 0 Å². The Labute approximate surface area is 66.3 Å². The third-order valence-electron chi connectivity index (χ3n) is 1.67. The summed E-state index contributed by atoms with van der Waals surface area (Å²) in [6, 6.07) is 2.12. The van der Waals surface area contributed by atoms with Crippen LogP contribution >= 0.6 is 0 Å². The van der Waals surface area contributed by atoms with Crippen LogP contribution in [0.25, 0.3) is 0 Å². The van der Waals surface area contributed by atoms with Crippen molar-refractivity contribution in [2.75, 3.05) is 0 Å². The molecule has 1 rings (SSSR count). The van der Waals surface area contributed by atoms with E-state index >= 15 is 0 Å². The highest BCUT2D eigenvalue weighted by Crippen LogP contribution is 1.91. The van der Waals surface area contributed by atoms with Gasteiger partial charge in [0.15, 0.2) is 0 Å². The van der Waals surface area contributed by atoms with Crippen LogP contribution in [0.5, 0.6) is 0 Å². The molecule has 0 unspecified atom stereocenters. The van der Waals surface area contributed by atoms with Crippen molar-refractivity contribution in [3.63, 3.8) is 0 Å². The Morgan fingerprint density at radius 2 is 2.55 bits per heavy atom.